The Bertz CT molecular complexity index is 1180. The monoisotopic (exact) mass is 479 g/mol. The van der Waals surface area contributed by atoms with Crippen molar-refractivity contribution in [2.45, 2.75) is 52.1 Å². The van der Waals surface area contributed by atoms with Crippen molar-refractivity contribution in [3.8, 4) is 0 Å². The molecule has 0 atom stereocenters. The zero-order valence-corrected chi connectivity index (χ0v) is 21.1. The van der Waals surface area contributed by atoms with Crippen LogP contribution in [0.3, 0.4) is 0 Å². The van der Waals surface area contributed by atoms with E-state index < -0.39 is 5.54 Å². The van der Waals surface area contributed by atoms with Gasteiger partial charge in [-0.2, -0.15) is 0 Å². The molecule has 0 aliphatic carbocycles. The van der Waals surface area contributed by atoms with E-state index in [4.69, 9.17) is 0 Å². The summed E-state index contributed by atoms with van der Waals surface area (Å²) in [6.45, 7) is 9.61. The predicted octanol–water partition coefficient (Wildman–Crippen LogP) is 4.20. The summed E-state index contributed by atoms with van der Waals surface area (Å²) in [5.74, 6) is 0.247. The van der Waals surface area contributed by atoms with E-state index in [1.54, 1.807) is 11.3 Å². The van der Waals surface area contributed by atoms with Gasteiger partial charge in [0.2, 0.25) is 0 Å². The molecule has 180 valence electrons. The summed E-state index contributed by atoms with van der Waals surface area (Å²) in [6, 6.07) is 10.1. The van der Waals surface area contributed by atoms with Crippen molar-refractivity contribution >= 4 is 28.2 Å². The number of carbonyl (C=O) groups excluding carboxylic acids is 2. The Morgan fingerprint density at radius 3 is 2.56 bits per heavy atom. The number of nitrogens with zero attached hydrogens (tertiary/aromatic N) is 5. The molecule has 2 aliphatic rings. The summed E-state index contributed by atoms with van der Waals surface area (Å²) in [5.41, 5.74) is 2.74. The molecule has 2 saturated heterocycles. The van der Waals surface area contributed by atoms with E-state index >= 15 is 0 Å². The van der Waals surface area contributed by atoms with Crippen LogP contribution in [0.25, 0.3) is 4.96 Å². The highest BCUT2D eigenvalue weighted by molar-refractivity contribution is 7.15. The van der Waals surface area contributed by atoms with E-state index in [1.165, 1.54) is 16.2 Å². The SMILES string of the molecule is Cc1nc2sccn2c1CN1CCC2(CC1)C(=O)N(CC(C)C)C(=O)N2CCc1ccccc1. The van der Waals surface area contributed by atoms with Crippen molar-refractivity contribution in [1.29, 1.82) is 0 Å². The summed E-state index contributed by atoms with van der Waals surface area (Å²) in [5, 5.41) is 2.06. The van der Waals surface area contributed by atoms with Gasteiger partial charge in [-0.3, -0.25) is 19.0 Å². The van der Waals surface area contributed by atoms with Crippen LogP contribution in [0.5, 0.6) is 0 Å². The van der Waals surface area contributed by atoms with Crippen molar-refractivity contribution in [2.24, 2.45) is 5.92 Å². The van der Waals surface area contributed by atoms with Gasteiger partial charge in [-0.05, 0) is 37.7 Å². The van der Waals surface area contributed by atoms with Crippen LogP contribution in [0, 0.1) is 12.8 Å². The summed E-state index contributed by atoms with van der Waals surface area (Å²) >= 11 is 1.65. The van der Waals surface area contributed by atoms with Gasteiger partial charge in [-0.25, -0.2) is 9.78 Å². The normalized spacial score (nSPS) is 18.8. The molecule has 2 aliphatic heterocycles. The highest BCUT2D eigenvalue weighted by Crippen LogP contribution is 2.38. The highest BCUT2D eigenvalue weighted by Gasteiger charge is 2.57. The molecule has 2 aromatic heterocycles. The third-order valence-electron chi connectivity index (χ3n) is 7.25. The molecule has 34 heavy (non-hydrogen) atoms. The number of aromatic nitrogens is 2. The Kier molecular flexibility index (Phi) is 6.20. The minimum Gasteiger partial charge on any atom is -0.309 e. The van der Waals surface area contributed by atoms with E-state index in [0.29, 0.717) is 25.9 Å². The maximum absolute atomic E-state index is 13.7. The second kappa shape index (κ2) is 9.15. The van der Waals surface area contributed by atoms with Crippen LogP contribution in [-0.2, 0) is 17.8 Å². The molecule has 5 rings (SSSR count). The van der Waals surface area contributed by atoms with Crippen LogP contribution in [0.1, 0.15) is 43.6 Å². The standard InChI is InChI=1S/C26H33N5O2S/c1-19(2)17-30-23(32)26(31(25(30)33)12-9-21-7-5-4-6-8-21)10-13-28(14-11-26)18-22-20(3)27-24-29(22)15-16-34-24/h4-8,15-16,19H,9-14,17-18H2,1-3H3. The van der Waals surface area contributed by atoms with Crippen LogP contribution < -0.4 is 0 Å². The number of hydrogen-bond acceptors (Lipinski definition) is 5. The number of imidazole rings is 1. The quantitative estimate of drug-likeness (QED) is 0.477. The van der Waals surface area contributed by atoms with Gasteiger partial charge in [0.15, 0.2) is 4.96 Å². The fourth-order valence-electron chi connectivity index (χ4n) is 5.41. The molecule has 4 heterocycles. The number of amides is 3. The van der Waals surface area contributed by atoms with Gasteiger partial charge in [0.1, 0.15) is 5.54 Å². The predicted molar refractivity (Wildman–Crippen MR) is 134 cm³/mol. The smallest absolute Gasteiger partial charge is 0.309 e. The zero-order valence-electron chi connectivity index (χ0n) is 20.2. The number of rotatable bonds is 7. The van der Waals surface area contributed by atoms with Crippen LogP contribution in [0.4, 0.5) is 4.79 Å². The van der Waals surface area contributed by atoms with E-state index in [-0.39, 0.29) is 17.9 Å². The summed E-state index contributed by atoms with van der Waals surface area (Å²) in [4.78, 5) is 38.7. The minimum absolute atomic E-state index is 0.000306. The van der Waals surface area contributed by atoms with Crippen LogP contribution in [0.2, 0.25) is 0 Å². The topological polar surface area (TPSA) is 61.2 Å². The molecule has 2 fully saturated rings. The summed E-state index contributed by atoms with van der Waals surface area (Å²) in [6.07, 6.45) is 4.18. The number of carbonyl (C=O) groups is 2. The second-order valence-electron chi connectivity index (χ2n) is 9.99. The molecule has 1 aromatic carbocycles. The van der Waals surface area contributed by atoms with Crippen molar-refractivity contribution in [3.63, 3.8) is 0 Å². The molecule has 3 amide bonds. The number of imide groups is 1. The third-order valence-corrected chi connectivity index (χ3v) is 8.01. The first-order valence-corrected chi connectivity index (χ1v) is 13.1. The maximum atomic E-state index is 13.7. The molecule has 8 heteroatoms. The fourth-order valence-corrected chi connectivity index (χ4v) is 6.19. The Morgan fingerprint density at radius 2 is 1.85 bits per heavy atom. The van der Waals surface area contributed by atoms with E-state index in [0.717, 1.165) is 36.7 Å². The number of hydrogen-bond donors (Lipinski definition) is 0. The average molecular weight is 480 g/mol. The lowest BCUT2D eigenvalue weighted by Crippen LogP contribution is -2.56. The Morgan fingerprint density at radius 1 is 1.12 bits per heavy atom. The van der Waals surface area contributed by atoms with Gasteiger partial charge in [0.05, 0.1) is 11.4 Å². The molecule has 0 bridgehead atoms. The molecule has 0 radical (unpaired) electrons. The number of piperidine rings is 1. The number of fused-ring (bicyclic) bond motifs is 1. The molecule has 3 aromatic rings. The minimum atomic E-state index is -0.721. The fraction of sp³-hybridized carbons (Fsp3) is 0.500. The number of benzene rings is 1. The first kappa shape index (κ1) is 23.1. The van der Waals surface area contributed by atoms with E-state index in [2.05, 4.69) is 58.8 Å². The first-order chi connectivity index (χ1) is 16.4. The molecule has 0 N–H and O–H groups in total. The van der Waals surface area contributed by atoms with Gasteiger partial charge in [0, 0.05) is 44.3 Å². The maximum Gasteiger partial charge on any atom is 0.327 e. The lowest BCUT2D eigenvalue weighted by molar-refractivity contribution is -0.136. The van der Waals surface area contributed by atoms with E-state index in [1.807, 2.05) is 23.1 Å². The number of likely N-dealkylation sites (tertiary alicyclic amines) is 1. The van der Waals surface area contributed by atoms with Gasteiger partial charge in [-0.1, -0.05) is 44.2 Å². The largest absolute Gasteiger partial charge is 0.327 e. The Balaban J connectivity index is 1.34. The Hall–Kier alpha value is -2.71. The van der Waals surface area contributed by atoms with Gasteiger partial charge in [0.25, 0.3) is 5.91 Å². The first-order valence-electron chi connectivity index (χ1n) is 12.2. The van der Waals surface area contributed by atoms with Crippen LogP contribution in [-0.4, -0.2) is 67.7 Å². The average Bonchev–Trinajstić information content (AvgIpc) is 3.44. The summed E-state index contributed by atoms with van der Waals surface area (Å²) in [7, 11) is 0. The van der Waals surface area contributed by atoms with Crippen molar-refractivity contribution in [3.05, 3.63) is 58.9 Å². The zero-order chi connectivity index (χ0) is 23.9. The van der Waals surface area contributed by atoms with Crippen LogP contribution >= 0.6 is 11.3 Å². The number of urea groups is 1. The number of thiazole rings is 1. The summed E-state index contributed by atoms with van der Waals surface area (Å²) < 4.78 is 2.17. The number of aryl methyl sites for hydroxylation is 1. The molecular formula is C26H33N5O2S. The van der Waals surface area contributed by atoms with Gasteiger partial charge < -0.3 is 4.90 Å². The van der Waals surface area contributed by atoms with Gasteiger partial charge in [-0.15, -0.1) is 11.3 Å². The molecule has 1 spiro atoms. The van der Waals surface area contributed by atoms with Crippen molar-refractivity contribution in [2.75, 3.05) is 26.2 Å². The van der Waals surface area contributed by atoms with Gasteiger partial charge >= 0.3 is 6.03 Å². The highest BCUT2D eigenvalue weighted by atomic mass is 32.1. The lowest BCUT2D eigenvalue weighted by atomic mass is 9.85. The van der Waals surface area contributed by atoms with Crippen molar-refractivity contribution < 1.29 is 9.59 Å². The van der Waals surface area contributed by atoms with Crippen molar-refractivity contribution in [1.82, 2.24) is 24.1 Å². The third kappa shape index (κ3) is 4.03. The Labute approximate surface area is 205 Å². The molecule has 0 unspecified atom stereocenters. The van der Waals surface area contributed by atoms with E-state index in [9.17, 15) is 9.59 Å². The van der Waals surface area contributed by atoms with Crippen LogP contribution in [0.15, 0.2) is 41.9 Å². The molecule has 0 saturated carbocycles. The lowest BCUT2D eigenvalue weighted by Gasteiger charge is -2.42. The molecule has 7 nitrogen and oxygen atoms in total. The molecular weight excluding hydrogens is 446 g/mol. The second-order valence-corrected chi connectivity index (χ2v) is 10.9.